The highest BCUT2D eigenvalue weighted by atomic mass is 127. The second kappa shape index (κ2) is 13.1. The van der Waals surface area contributed by atoms with Crippen LogP contribution in [0.4, 0.5) is 0 Å². The van der Waals surface area contributed by atoms with Crippen LogP contribution < -0.4 is 10.6 Å². The number of unbranched alkanes of at least 4 members (excludes halogenated alkanes) is 1. The molecule has 0 amide bonds. The average molecular weight is 488 g/mol. The van der Waals surface area contributed by atoms with Gasteiger partial charge in [0.25, 0.3) is 0 Å². The first-order valence-electron chi connectivity index (χ1n) is 9.24. The Morgan fingerprint density at radius 1 is 1.36 bits per heavy atom. The zero-order valence-corrected chi connectivity index (χ0v) is 19.4. The van der Waals surface area contributed by atoms with E-state index in [0.717, 1.165) is 12.5 Å². The maximum absolute atomic E-state index is 11.3. The number of sulfone groups is 1. The van der Waals surface area contributed by atoms with Gasteiger partial charge in [-0.15, -0.1) is 24.0 Å². The number of piperidine rings is 1. The molecule has 1 aliphatic heterocycles. The Morgan fingerprint density at radius 2 is 2.08 bits per heavy atom. The third-order valence-electron chi connectivity index (χ3n) is 4.58. The number of guanidine groups is 1. The molecule has 0 saturated carbocycles. The molecule has 0 radical (unpaired) electrons. The Balaban J connectivity index is 0.00000576. The monoisotopic (exact) mass is 488 g/mol. The first-order chi connectivity index (χ1) is 11.4. The topological polar surface area (TPSA) is 73.8 Å². The molecule has 2 atom stereocenters. The molecule has 1 heterocycles. The van der Waals surface area contributed by atoms with Crippen LogP contribution >= 0.6 is 24.0 Å². The number of aliphatic imine (C=N–C) groups is 1. The van der Waals surface area contributed by atoms with Crippen molar-refractivity contribution >= 4 is 39.8 Å². The van der Waals surface area contributed by atoms with Gasteiger partial charge in [0.2, 0.25) is 0 Å². The maximum Gasteiger partial charge on any atom is 0.191 e. The largest absolute Gasteiger partial charge is 0.355 e. The number of likely N-dealkylation sites (tertiary alicyclic amines) is 1. The fraction of sp³-hybridized carbons (Fsp3) is 0.941. The van der Waals surface area contributed by atoms with Gasteiger partial charge in [0, 0.05) is 31.9 Å². The lowest BCUT2D eigenvalue weighted by atomic mass is 10.0. The summed E-state index contributed by atoms with van der Waals surface area (Å²) in [6.07, 6.45) is 8.19. The number of rotatable bonds is 9. The molecule has 25 heavy (non-hydrogen) atoms. The van der Waals surface area contributed by atoms with Crippen molar-refractivity contribution in [3.63, 3.8) is 0 Å². The van der Waals surface area contributed by atoms with E-state index in [1.807, 2.05) is 6.92 Å². The highest BCUT2D eigenvalue weighted by Gasteiger charge is 2.22. The third kappa shape index (κ3) is 11.3. The molecule has 2 N–H and O–H groups in total. The summed E-state index contributed by atoms with van der Waals surface area (Å²) in [6, 6.07) is 0.642. The van der Waals surface area contributed by atoms with Crippen LogP contribution in [0.3, 0.4) is 0 Å². The van der Waals surface area contributed by atoms with Crippen molar-refractivity contribution in [1.82, 2.24) is 15.5 Å². The fourth-order valence-electron chi connectivity index (χ4n) is 3.05. The van der Waals surface area contributed by atoms with E-state index in [1.54, 1.807) is 7.05 Å². The molecule has 0 aliphatic carbocycles. The number of nitrogens with zero attached hydrogens (tertiary/aromatic N) is 2. The minimum Gasteiger partial charge on any atom is -0.355 e. The molecular formula is C17H37IN4O2S. The van der Waals surface area contributed by atoms with Crippen LogP contribution in [-0.4, -0.2) is 70.1 Å². The molecule has 6 nitrogen and oxygen atoms in total. The highest BCUT2D eigenvalue weighted by Crippen LogP contribution is 2.17. The molecule has 0 aromatic rings. The minimum absolute atomic E-state index is 0. The van der Waals surface area contributed by atoms with E-state index < -0.39 is 9.84 Å². The van der Waals surface area contributed by atoms with Gasteiger partial charge in [-0.3, -0.25) is 9.89 Å². The molecule has 1 fully saturated rings. The normalized spacial score (nSPS) is 20.6. The lowest BCUT2D eigenvalue weighted by Gasteiger charge is -2.36. The van der Waals surface area contributed by atoms with Gasteiger partial charge in [-0.25, -0.2) is 8.42 Å². The SMILES string of the molecule is CCCCN1CCCCC1CNC(=NC)NC(C)CCS(C)(=O)=O.I. The molecule has 0 aromatic heterocycles. The fourth-order valence-corrected chi connectivity index (χ4v) is 3.83. The van der Waals surface area contributed by atoms with Crippen LogP contribution in [0.25, 0.3) is 0 Å². The van der Waals surface area contributed by atoms with E-state index in [-0.39, 0.29) is 35.8 Å². The lowest BCUT2D eigenvalue weighted by molar-refractivity contribution is 0.147. The van der Waals surface area contributed by atoms with Crippen molar-refractivity contribution in [2.24, 2.45) is 4.99 Å². The zero-order valence-electron chi connectivity index (χ0n) is 16.3. The Morgan fingerprint density at radius 3 is 2.68 bits per heavy atom. The van der Waals surface area contributed by atoms with Crippen LogP contribution in [0.5, 0.6) is 0 Å². The predicted molar refractivity (Wildman–Crippen MR) is 118 cm³/mol. The summed E-state index contributed by atoms with van der Waals surface area (Å²) in [5.41, 5.74) is 0. The van der Waals surface area contributed by atoms with E-state index in [1.165, 1.54) is 51.4 Å². The molecule has 1 aliphatic rings. The van der Waals surface area contributed by atoms with E-state index in [2.05, 4.69) is 27.4 Å². The van der Waals surface area contributed by atoms with Gasteiger partial charge in [-0.05, 0) is 45.7 Å². The van der Waals surface area contributed by atoms with Crippen molar-refractivity contribution in [3.05, 3.63) is 0 Å². The van der Waals surface area contributed by atoms with Gasteiger partial charge in [0.15, 0.2) is 5.96 Å². The highest BCUT2D eigenvalue weighted by molar-refractivity contribution is 14.0. The van der Waals surface area contributed by atoms with Crippen molar-refractivity contribution in [1.29, 1.82) is 0 Å². The summed E-state index contributed by atoms with van der Waals surface area (Å²) < 4.78 is 22.5. The van der Waals surface area contributed by atoms with Crippen molar-refractivity contribution in [2.45, 2.75) is 64.5 Å². The van der Waals surface area contributed by atoms with Gasteiger partial charge in [0.1, 0.15) is 9.84 Å². The van der Waals surface area contributed by atoms with Crippen molar-refractivity contribution in [2.75, 3.05) is 38.7 Å². The number of nitrogens with one attached hydrogen (secondary N) is 2. The Hall–Kier alpha value is -0.0900. The Labute approximate surface area is 171 Å². The molecule has 150 valence electrons. The summed E-state index contributed by atoms with van der Waals surface area (Å²) in [5, 5.41) is 6.71. The number of hydrogen-bond acceptors (Lipinski definition) is 4. The first-order valence-corrected chi connectivity index (χ1v) is 11.3. The molecule has 1 rings (SSSR count). The van der Waals surface area contributed by atoms with Crippen LogP contribution in [0, 0.1) is 0 Å². The standard InChI is InChI=1S/C17H36N4O2S.HI/c1-5-6-11-21-12-8-7-9-16(21)14-19-17(18-3)20-15(2)10-13-24(4,22)23;/h15-16H,5-14H2,1-4H3,(H2,18,19,20);1H. The molecule has 8 heteroatoms. The van der Waals surface area contributed by atoms with Gasteiger partial charge in [0.05, 0.1) is 5.75 Å². The van der Waals surface area contributed by atoms with Crippen LogP contribution in [0.15, 0.2) is 4.99 Å². The van der Waals surface area contributed by atoms with E-state index in [9.17, 15) is 8.42 Å². The van der Waals surface area contributed by atoms with E-state index in [4.69, 9.17) is 0 Å². The summed E-state index contributed by atoms with van der Waals surface area (Å²) in [7, 11) is -1.16. The second-order valence-corrected chi connectivity index (χ2v) is 9.22. The maximum atomic E-state index is 11.3. The first kappa shape index (κ1) is 24.9. The predicted octanol–water partition coefficient (Wildman–Crippen LogP) is 2.25. The molecular weight excluding hydrogens is 451 g/mol. The molecule has 0 bridgehead atoms. The summed E-state index contributed by atoms with van der Waals surface area (Å²) in [4.78, 5) is 6.87. The molecule has 0 aromatic carbocycles. The summed E-state index contributed by atoms with van der Waals surface area (Å²) in [5.74, 6) is 0.961. The smallest absolute Gasteiger partial charge is 0.191 e. The summed E-state index contributed by atoms with van der Waals surface area (Å²) >= 11 is 0. The lowest BCUT2D eigenvalue weighted by Crippen LogP contribution is -2.50. The molecule has 2 unspecified atom stereocenters. The van der Waals surface area contributed by atoms with Crippen molar-refractivity contribution < 1.29 is 8.42 Å². The number of hydrogen-bond donors (Lipinski definition) is 2. The van der Waals surface area contributed by atoms with Gasteiger partial charge in [-0.2, -0.15) is 0 Å². The Bertz CT molecular complexity index is 485. The van der Waals surface area contributed by atoms with E-state index >= 15 is 0 Å². The van der Waals surface area contributed by atoms with Crippen LogP contribution in [-0.2, 0) is 9.84 Å². The van der Waals surface area contributed by atoms with Crippen molar-refractivity contribution in [3.8, 4) is 0 Å². The van der Waals surface area contributed by atoms with Gasteiger partial charge in [-0.1, -0.05) is 19.8 Å². The number of halogens is 1. The third-order valence-corrected chi connectivity index (χ3v) is 5.56. The summed E-state index contributed by atoms with van der Waals surface area (Å²) in [6.45, 7) is 7.50. The Kier molecular flexibility index (Phi) is 13.1. The van der Waals surface area contributed by atoms with E-state index in [0.29, 0.717) is 12.5 Å². The zero-order chi connectivity index (χ0) is 18.0. The van der Waals surface area contributed by atoms with Crippen LogP contribution in [0.1, 0.15) is 52.4 Å². The second-order valence-electron chi connectivity index (χ2n) is 6.96. The average Bonchev–Trinajstić information content (AvgIpc) is 2.55. The van der Waals surface area contributed by atoms with Gasteiger partial charge < -0.3 is 10.6 Å². The molecule has 0 spiro atoms. The quantitative estimate of drug-likeness (QED) is 0.296. The minimum atomic E-state index is -2.91. The molecule has 1 saturated heterocycles. The van der Waals surface area contributed by atoms with Gasteiger partial charge >= 0.3 is 0 Å². The van der Waals surface area contributed by atoms with Crippen LogP contribution in [0.2, 0.25) is 0 Å².